The van der Waals surface area contributed by atoms with E-state index in [2.05, 4.69) is 20.2 Å². The number of halogens is 2. The Balaban J connectivity index is 1.54. The topological polar surface area (TPSA) is 67.3 Å². The van der Waals surface area contributed by atoms with E-state index in [4.69, 9.17) is 4.74 Å². The normalized spacial score (nSPS) is 14.1. The Kier molecular flexibility index (Phi) is 6.16. The zero-order valence-electron chi connectivity index (χ0n) is 15.2. The van der Waals surface area contributed by atoms with Gasteiger partial charge >= 0.3 is 0 Å². The molecular weight excluding hydrogens is 354 g/mol. The molecule has 1 aliphatic rings. The molecule has 0 bridgehead atoms. The molecule has 1 N–H and O–H groups in total. The number of hydrogen-bond acceptors (Lipinski definition) is 5. The minimum Gasteiger partial charge on any atom is -0.476 e. The van der Waals surface area contributed by atoms with E-state index in [1.54, 1.807) is 13.0 Å². The summed E-state index contributed by atoms with van der Waals surface area (Å²) in [5, 5.41) is 2.45. The molecule has 3 rings (SSSR count). The average molecular weight is 376 g/mol. The van der Waals surface area contributed by atoms with Crippen molar-refractivity contribution in [1.29, 1.82) is 0 Å². The fourth-order valence-electron chi connectivity index (χ4n) is 3.01. The summed E-state index contributed by atoms with van der Waals surface area (Å²) in [6.07, 6.45) is 3.50. The number of nitrogens with zero attached hydrogens (tertiary/aromatic N) is 3. The molecule has 1 aromatic carbocycles. The minimum atomic E-state index is -0.897. The number of rotatable bonds is 6. The van der Waals surface area contributed by atoms with Crippen LogP contribution in [0.15, 0.2) is 24.3 Å². The van der Waals surface area contributed by atoms with Gasteiger partial charge in [0.15, 0.2) is 0 Å². The van der Waals surface area contributed by atoms with Gasteiger partial charge in [-0.2, -0.15) is 4.98 Å². The number of aryl methyl sites for hydroxylation is 1. The average Bonchev–Trinajstić information content (AvgIpc) is 2.65. The molecule has 27 heavy (non-hydrogen) atoms. The zero-order valence-corrected chi connectivity index (χ0v) is 15.2. The van der Waals surface area contributed by atoms with Crippen LogP contribution in [0.1, 0.15) is 35.4 Å². The lowest BCUT2D eigenvalue weighted by atomic mass is 10.1. The van der Waals surface area contributed by atoms with E-state index in [-0.39, 0.29) is 13.2 Å². The molecule has 0 aliphatic carbocycles. The van der Waals surface area contributed by atoms with Crippen LogP contribution in [0.4, 0.5) is 14.6 Å². The number of anilines is 1. The summed E-state index contributed by atoms with van der Waals surface area (Å²) in [6.45, 7) is 3.93. The number of ether oxygens (including phenoxy) is 1. The number of amides is 1. The maximum atomic E-state index is 13.6. The third-order valence-electron chi connectivity index (χ3n) is 4.31. The van der Waals surface area contributed by atoms with Crippen LogP contribution in [-0.2, 0) is 0 Å². The van der Waals surface area contributed by atoms with Crippen molar-refractivity contribution in [2.75, 3.05) is 31.1 Å². The Morgan fingerprint density at radius 3 is 2.59 bits per heavy atom. The van der Waals surface area contributed by atoms with E-state index in [0.29, 0.717) is 11.7 Å². The Bertz CT molecular complexity index is 790. The summed E-state index contributed by atoms with van der Waals surface area (Å²) in [4.78, 5) is 22.8. The Hall–Kier alpha value is -2.77. The third kappa shape index (κ3) is 4.90. The number of hydrogen-bond donors (Lipinski definition) is 1. The Morgan fingerprint density at radius 1 is 1.19 bits per heavy atom. The van der Waals surface area contributed by atoms with Gasteiger partial charge in [-0.1, -0.05) is 6.07 Å². The van der Waals surface area contributed by atoms with Gasteiger partial charge in [0.25, 0.3) is 5.91 Å². The molecule has 0 unspecified atom stereocenters. The monoisotopic (exact) mass is 376 g/mol. The van der Waals surface area contributed by atoms with E-state index in [0.717, 1.165) is 43.9 Å². The van der Waals surface area contributed by atoms with Gasteiger partial charge in [0.2, 0.25) is 5.88 Å². The first-order valence-corrected chi connectivity index (χ1v) is 9.00. The van der Waals surface area contributed by atoms with Gasteiger partial charge in [0, 0.05) is 19.2 Å². The van der Waals surface area contributed by atoms with Gasteiger partial charge in [-0.15, -0.1) is 0 Å². The first-order chi connectivity index (χ1) is 13.0. The molecule has 0 saturated carbocycles. The summed E-state index contributed by atoms with van der Waals surface area (Å²) in [6, 6.07) is 5.07. The minimum absolute atomic E-state index is 0.0920. The van der Waals surface area contributed by atoms with E-state index in [1.165, 1.54) is 12.5 Å². The smallest absolute Gasteiger partial charge is 0.257 e. The molecule has 1 amide bonds. The summed E-state index contributed by atoms with van der Waals surface area (Å²) < 4.78 is 32.8. The third-order valence-corrected chi connectivity index (χ3v) is 4.31. The lowest BCUT2D eigenvalue weighted by Crippen LogP contribution is -2.31. The van der Waals surface area contributed by atoms with Crippen LogP contribution in [0.5, 0.6) is 5.88 Å². The van der Waals surface area contributed by atoms with E-state index >= 15 is 0 Å². The SMILES string of the molecule is Cc1nc(OCCNC(=O)c2c(F)cccc2F)cc(N2CCCCC2)n1. The number of carbonyl (C=O) groups is 1. The quantitative estimate of drug-likeness (QED) is 0.786. The van der Waals surface area contributed by atoms with Crippen LogP contribution >= 0.6 is 0 Å². The van der Waals surface area contributed by atoms with Crippen molar-refractivity contribution >= 4 is 11.7 Å². The molecule has 6 nitrogen and oxygen atoms in total. The fourth-order valence-corrected chi connectivity index (χ4v) is 3.01. The first kappa shape index (κ1) is 19.0. The van der Waals surface area contributed by atoms with E-state index < -0.39 is 23.1 Å². The predicted molar refractivity (Wildman–Crippen MR) is 97.0 cm³/mol. The molecule has 2 heterocycles. The highest BCUT2D eigenvalue weighted by Crippen LogP contribution is 2.21. The van der Waals surface area contributed by atoms with Crippen LogP contribution in [0, 0.1) is 18.6 Å². The van der Waals surface area contributed by atoms with Crippen LogP contribution in [-0.4, -0.2) is 42.1 Å². The van der Waals surface area contributed by atoms with Crippen molar-refractivity contribution in [3.63, 3.8) is 0 Å². The number of carbonyl (C=O) groups excluding carboxylic acids is 1. The summed E-state index contributed by atoms with van der Waals surface area (Å²) in [5.41, 5.74) is -0.595. The summed E-state index contributed by atoms with van der Waals surface area (Å²) in [5.74, 6) is -0.770. The molecule has 0 spiro atoms. The molecule has 8 heteroatoms. The number of aromatic nitrogens is 2. The molecule has 1 aliphatic heterocycles. The lowest BCUT2D eigenvalue weighted by Gasteiger charge is -2.28. The van der Waals surface area contributed by atoms with Gasteiger partial charge in [-0.3, -0.25) is 4.79 Å². The van der Waals surface area contributed by atoms with Crippen LogP contribution in [0.2, 0.25) is 0 Å². The van der Waals surface area contributed by atoms with Crippen molar-refractivity contribution in [2.45, 2.75) is 26.2 Å². The van der Waals surface area contributed by atoms with Crippen LogP contribution < -0.4 is 15.0 Å². The van der Waals surface area contributed by atoms with Crippen molar-refractivity contribution < 1.29 is 18.3 Å². The molecule has 2 aromatic rings. The first-order valence-electron chi connectivity index (χ1n) is 9.00. The van der Waals surface area contributed by atoms with Gasteiger partial charge in [0.05, 0.1) is 6.54 Å². The second kappa shape index (κ2) is 8.75. The molecular formula is C19H22F2N4O2. The second-order valence-corrected chi connectivity index (χ2v) is 6.36. The Morgan fingerprint density at radius 2 is 1.89 bits per heavy atom. The predicted octanol–water partition coefficient (Wildman–Crippen LogP) is 2.86. The highest BCUT2D eigenvalue weighted by molar-refractivity contribution is 5.94. The molecule has 1 saturated heterocycles. The maximum Gasteiger partial charge on any atom is 0.257 e. The van der Waals surface area contributed by atoms with Gasteiger partial charge in [-0.05, 0) is 38.3 Å². The molecule has 0 radical (unpaired) electrons. The lowest BCUT2D eigenvalue weighted by molar-refractivity contribution is 0.0938. The zero-order chi connectivity index (χ0) is 19.2. The molecule has 144 valence electrons. The van der Waals surface area contributed by atoms with E-state index in [9.17, 15) is 13.6 Å². The highest BCUT2D eigenvalue weighted by Gasteiger charge is 2.17. The molecule has 1 aromatic heterocycles. The second-order valence-electron chi connectivity index (χ2n) is 6.36. The van der Waals surface area contributed by atoms with Crippen LogP contribution in [0.3, 0.4) is 0 Å². The van der Waals surface area contributed by atoms with Gasteiger partial charge < -0.3 is 15.0 Å². The van der Waals surface area contributed by atoms with Crippen molar-refractivity contribution in [3.8, 4) is 5.88 Å². The number of benzene rings is 1. The highest BCUT2D eigenvalue weighted by atomic mass is 19.1. The summed E-state index contributed by atoms with van der Waals surface area (Å²) in [7, 11) is 0. The number of piperidine rings is 1. The van der Waals surface area contributed by atoms with Gasteiger partial charge in [-0.25, -0.2) is 13.8 Å². The van der Waals surface area contributed by atoms with Crippen LogP contribution in [0.25, 0.3) is 0 Å². The Labute approximate surface area is 156 Å². The summed E-state index contributed by atoms with van der Waals surface area (Å²) >= 11 is 0. The molecule has 1 fully saturated rings. The standard InChI is InChI=1S/C19H22F2N4O2/c1-13-23-16(25-9-3-2-4-10-25)12-17(24-13)27-11-8-22-19(26)18-14(20)6-5-7-15(18)21/h5-7,12H,2-4,8-11H2,1H3,(H,22,26). The maximum absolute atomic E-state index is 13.6. The fraction of sp³-hybridized carbons (Fsp3) is 0.421. The van der Waals surface area contributed by atoms with Crippen molar-refractivity contribution in [3.05, 3.63) is 47.3 Å². The van der Waals surface area contributed by atoms with Gasteiger partial charge in [0.1, 0.15) is 35.4 Å². The van der Waals surface area contributed by atoms with E-state index in [1.807, 2.05) is 0 Å². The van der Waals surface area contributed by atoms with Crippen molar-refractivity contribution in [2.24, 2.45) is 0 Å². The number of nitrogens with one attached hydrogen (secondary N) is 1. The van der Waals surface area contributed by atoms with Crippen molar-refractivity contribution in [1.82, 2.24) is 15.3 Å². The largest absolute Gasteiger partial charge is 0.476 e. The molecule has 0 atom stereocenters.